The Balaban J connectivity index is 2.46. The fourth-order valence-electron chi connectivity index (χ4n) is 1.91. The number of ether oxygens (including phenoxy) is 1. The molecular formula is C10H21N3O. The molecule has 0 aromatic heterocycles. The van der Waals surface area contributed by atoms with E-state index >= 15 is 0 Å². The van der Waals surface area contributed by atoms with Gasteiger partial charge in [-0.25, -0.2) is 0 Å². The zero-order valence-electron chi connectivity index (χ0n) is 9.42. The summed E-state index contributed by atoms with van der Waals surface area (Å²) in [6, 6.07) is 0. The smallest absolute Gasteiger partial charge is 0.193 e. The highest BCUT2D eigenvalue weighted by atomic mass is 16.5. The fourth-order valence-corrected chi connectivity index (χ4v) is 1.91. The molecule has 0 amide bonds. The molecule has 0 aliphatic carbocycles. The normalized spacial score (nSPS) is 23.8. The van der Waals surface area contributed by atoms with Crippen LogP contribution in [0.1, 0.15) is 19.8 Å². The lowest BCUT2D eigenvalue weighted by atomic mass is 10.1. The molecule has 14 heavy (non-hydrogen) atoms. The Labute approximate surface area is 86.3 Å². The Bertz CT molecular complexity index is 192. The van der Waals surface area contributed by atoms with E-state index < -0.39 is 0 Å². The first-order valence-corrected chi connectivity index (χ1v) is 5.32. The van der Waals surface area contributed by atoms with Gasteiger partial charge >= 0.3 is 0 Å². The number of nitrogens with one attached hydrogen (secondary N) is 1. The van der Waals surface area contributed by atoms with Crippen molar-refractivity contribution < 1.29 is 4.74 Å². The maximum absolute atomic E-state index is 5.63. The Hall–Kier alpha value is -0.770. The Kier molecular flexibility index (Phi) is 4.73. The van der Waals surface area contributed by atoms with Gasteiger partial charge in [0, 0.05) is 33.8 Å². The van der Waals surface area contributed by atoms with Gasteiger partial charge in [0.15, 0.2) is 5.96 Å². The summed E-state index contributed by atoms with van der Waals surface area (Å²) in [6.45, 7) is 4.89. The van der Waals surface area contributed by atoms with E-state index in [1.807, 2.05) is 21.0 Å². The van der Waals surface area contributed by atoms with Crippen molar-refractivity contribution in [1.82, 2.24) is 10.2 Å². The van der Waals surface area contributed by atoms with Crippen molar-refractivity contribution in [2.75, 3.05) is 33.8 Å². The van der Waals surface area contributed by atoms with Gasteiger partial charge in [-0.15, -0.1) is 0 Å². The first-order chi connectivity index (χ1) is 6.81. The molecular weight excluding hydrogens is 178 g/mol. The molecule has 1 aliphatic rings. The first-order valence-electron chi connectivity index (χ1n) is 5.32. The maximum atomic E-state index is 5.63. The van der Waals surface area contributed by atoms with Gasteiger partial charge in [-0.05, 0) is 19.8 Å². The number of hydrogen-bond donors (Lipinski definition) is 1. The highest BCUT2D eigenvalue weighted by Crippen LogP contribution is 2.12. The molecule has 1 fully saturated rings. The molecule has 1 heterocycles. The molecule has 82 valence electrons. The van der Waals surface area contributed by atoms with Gasteiger partial charge in [0.05, 0.1) is 6.10 Å². The topological polar surface area (TPSA) is 36.9 Å². The summed E-state index contributed by atoms with van der Waals surface area (Å²) in [5.41, 5.74) is 0. The van der Waals surface area contributed by atoms with Crippen molar-refractivity contribution in [2.24, 2.45) is 4.99 Å². The van der Waals surface area contributed by atoms with E-state index in [0.717, 1.165) is 25.7 Å². The molecule has 0 radical (unpaired) electrons. The molecule has 1 saturated heterocycles. The van der Waals surface area contributed by atoms with E-state index in [-0.39, 0.29) is 0 Å². The summed E-state index contributed by atoms with van der Waals surface area (Å²) >= 11 is 0. The standard InChI is InChI=1S/C10H21N3O/c1-4-14-9-6-5-7-13(8-9)10(11-2)12-3/h9H,4-8H2,1-3H3,(H,11,12). The van der Waals surface area contributed by atoms with E-state index in [1.54, 1.807) is 0 Å². The lowest BCUT2D eigenvalue weighted by Crippen LogP contribution is -2.47. The van der Waals surface area contributed by atoms with Crippen LogP contribution in [-0.4, -0.2) is 50.8 Å². The minimum absolute atomic E-state index is 0.374. The average Bonchev–Trinajstić information content (AvgIpc) is 2.21. The molecule has 1 unspecified atom stereocenters. The summed E-state index contributed by atoms with van der Waals surface area (Å²) in [5.74, 6) is 0.967. The summed E-state index contributed by atoms with van der Waals surface area (Å²) in [4.78, 5) is 6.45. The Morgan fingerprint density at radius 2 is 2.43 bits per heavy atom. The van der Waals surface area contributed by atoms with E-state index in [0.29, 0.717) is 6.10 Å². The first kappa shape index (κ1) is 11.3. The number of hydrogen-bond acceptors (Lipinski definition) is 2. The van der Waals surface area contributed by atoms with Crippen LogP contribution in [0.5, 0.6) is 0 Å². The molecule has 1 atom stereocenters. The fraction of sp³-hybridized carbons (Fsp3) is 0.900. The third-order valence-electron chi connectivity index (χ3n) is 2.52. The summed E-state index contributed by atoms with van der Waals surface area (Å²) in [5, 5.41) is 3.10. The molecule has 1 aliphatic heterocycles. The van der Waals surface area contributed by atoms with E-state index in [4.69, 9.17) is 4.74 Å². The second-order valence-electron chi connectivity index (χ2n) is 3.46. The second kappa shape index (κ2) is 5.86. The summed E-state index contributed by atoms with van der Waals surface area (Å²) < 4.78 is 5.63. The highest BCUT2D eigenvalue weighted by molar-refractivity contribution is 5.79. The SMILES string of the molecule is CCOC1CCCN(C(=NC)NC)C1. The quantitative estimate of drug-likeness (QED) is 0.525. The van der Waals surface area contributed by atoms with Crippen LogP contribution in [0.25, 0.3) is 0 Å². The molecule has 1 rings (SSSR count). The van der Waals surface area contributed by atoms with Crippen molar-refractivity contribution in [1.29, 1.82) is 0 Å². The number of aliphatic imine (C=N–C) groups is 1. The average molecular weight is 199 g/mol. The minimum Gasteiger partial charge on any atom is -0.377 e. The highest BCUT2D eigenvalue weighted by Gasteiger charge is 2.21. The van der Waals surface area contributed by atoms with Gasteiger partial charge in [-0.2, -0.15) is 0 Å². The third kappa shape index (κ3) is 2.87. The van der Waals surface area contributed by atoms with E-state index in [9.17, 15) is 0 Å². The van der Waals surface area contributed by atoms with Gasteiger partial charge in [-0.1, -0.05) is 0 Å². The lowest BCUT2D eigenvalue weighted by molar-refractivity contribution is 0.0229. The zero-order chi connectivity index (χ0) is 10.4. The molecule has 0 spiro atoms. The van der Waals surface area contributed by atoms with Crippen LogP contribution in [-0.2, 0) is 4.74 Å². The number of likely N-dealkylation sites (tertiary alicyclic amines) is 1. The second-order valence-corrected chi connectivity index (χ2v) is 3.46. The predicted octanol–water partition coefficient (Wildman–Crippen LogP) is 0.692. The van der Waals surface area contributed by atoms with Gasteiger partial charge in [0.2, 0.25) is 0 Å². The number of nitrogens with zero attached hydrogens (tertiary/aromatic N) is 2. The van der Waals surface area contributed by atoms with Crippen LogP contribution in [0.15, 0.2) is 4.99 Å². The van der Waals surface area contributed by atoms with Crippen LogP contribution in [0.2, 0.25) is 0 Å². The number of rotatable bonds is 2. The molecule has 1 N–H and O–H groups in total. The number of piperidine rings is 1. The lowest BCUT2D eigenvalue weighted by Gasteiger charge is -2.34. The third-order valence-corrected chi connectivity index (χ3v) is 2.52. The molecule has 0 bridgehead atoms. The van der Waals surface area contributed by atoms with Crippen molar-refractivity contribution in [3.05, 3.63) is 0 Å². The van der Waals surface area contributed by atoms with E-state index in [2.05, 4.69) is 15.2 Å². The Morgan fingerprint density at radius 3 is 3.00 bits per heavy atom. The maximum Gasteiger partial charge on any atom is 0.193 e. The largest absolute Gasteiger partial charge is 0.377 e. The van der Waals surface area contributed by atoms with Crippen LogP contribution < -0.4 is 5.32 Å². The summed E-state index contributed by atoms with van der Waals surface area (Å²) in [6.07, 6.45) is 2.73. The van der Waals surface area contributed by atoms with Gasteiger partial charge in [0.1, 0.15) is 0 Å². The molecule has 0 saturated carbocycles. The molecule has 4 heteroatoms. The van der Waals surface area contributed by atoms with E-state index in [1.165, 1.54) is 12.8 Å². The van der Waals surface area contributed by atoms with Crippen molar-refractivity contribution in [2.45, 2.75) is 25.9 Å². The van der Waals surface area contributed by atoms with Gasteiger partial charge < -0.3 is 15.0 Å². The summed E-state index contributed by atoms with van der Waals surface area (Å²) in [7, 11) is 3.72. The van der Waals surface area contributed by atoms with Crippen LogP contribution in [0.4, 0.5) is 0 Å². The molecule has 0 aromatic carbocycles. The number of guanidine groups is 1. The minimum atomic E-state index is 0.374. The van der Waals surface area contributed by atoms with Crippen molar-refractivity contribution in [3.63, 3.8) is 0 Å². The predicted molar refractivity (Wildman–Crippen MR) is 58.6 cm³/mol. The zero-order valence-corrected chi connectivity index (χ0v) is 9.42. The van der Waals surface area contributed by atoms with Gasteiger partial charge in [-0.3, -0.25) is 4.99 Å². The Morgan fingerprint density at radius 1 is 1.64 bits per heavy atom. The van der Waals surface area contributed by atoms with Crippen LogP contribution in [0, 0.1) is 0 Å². The monoisotopic (exact) mass is 199 g/mol. The molecule has 0 aromatic rings. The van der Waals surface area contributed by atoms with Gasteiger partial charge in [0.25, 0.3) is 0 Å². The van der Waals surface area contributed by atoms with Crippen LogP contribution >= 0.6 is 0 Å². The van der Waals surface area contributed by atoms with Crippen molar-refractivity contribution >= 4 is 5.96 Å². The van der Waals surface area contributed by atoms with Crippen LogP contribution in [0.3, 0.4) is 0 Å². The van der Waals surface area contributed by atoms with Crippen molar-refractivity contribution in [3.8, 4) is 0 Å². The molecule has 4 nitrogen and oxygen atoms in total.